The second-order valence-electron chi connectivity index (χ2n) is 4.02. The molecule has 0 aromatic carbocycles. The standard InChI is InChI=1S/C9H18N2O4S/c1-3-10-16(14,15)11-5-4-8(9(12)13)6-7(11)2/h7-8,10H,3-6H2,1-2H3,(H,12,13). The van der Waals surface area contributed by atoms with E-state index in [9.17, 15) is 13.2 Å². The quantitative estimate of drug-likeness (QED) is 0.736. The molecule has 0 aromatic heterocycles. The SMILES string of the molecule is CCNS(=O)(=O)N1CCC(C(=O)O)CC1C. The number of carboxylic acid groups (broad SMARTS) is 1. The topological polar surface area (TPSA) is 86.7 Å². The van der Waals surface area contributed by atoms with Crippen LogP contribution in [0, 0.1) is 5.92 Å². The molecule has 16 heavy (non-hydrogen) atoms. The highest BCUT2D eigenvalue weighted by Gasteiger charge is 2.35. The van der Waals surface area contributed by atoms with E-state index < -0.39 is 22.1 Å². The fourth-order valence-corrected chi connectivity index (χ4v) is 3.43. The van der Waals surface area contributed by atoms with Crippen LogP contribution < -0.4 is 4.72 Å². The summed E-state index contributed by atoms with van der Waals surface area (Å²) < 4.78 is 27.2. The first-order valence-electron chi connectivity index (χ1n) is 5.37. The average Bonchev–Trinajstić information content (AvgIpc) is 2.16. The highest BCUT2D eigenvalue weighted by molar-refractivity contribution is 7.87. The van der Waals surface area contributed by atoms with Gasteiger partial charge in [0.1, 0.15) is 0 Å². The minimum Gasteiger partial charge on any atom is -0.481 e. The van der Waals surface area contributed by atoms with E-state index in [1.165, 1.54) is 4.31 Å². The molecule has 2 unspecified atom stereocenters. The van der Waals surface area contributed by atoms with E-state index in [0.29, 0.717) is 19.4 Å². The molecule has 0 aliphatic carbocycles. The lowest BCUT2D eigenvalue weighted by Crippen LogP contribution is -2.50. The molecule has 0 aromatic rings. The Bertz CT molecular complexity index is 355. The average molecular weight is 250 g/mol. The van der Waals surface area contributed by atoms with Gasteiger partial charge in [-0.1, -0.05) is 6.92 Å². The summed E-state index contributed by atoms with van der Waals surface area (Å²) in [5.74, 6) is -1.27. The van der Waals surface area contributed by atoms with Crippen LogP contribution in [-0.2, 0) is 15.0 Å². The van der Waals surface area contributed by atoms with E-state index in [2.05, 4.69) is 4.72 Å². The van der Waals surface area contributed by atoms with Crippen LogP contribution in [0.3, 0.4) is 0 Å². The summed E-state index contributed by atoms with van der Waals surface area (Å²) in [7, 11) is -3.44. The maximum absolute atomic E-state index is 11.7. The summed E-state index contributed by atoms with van der Waals surface area (Å²) in [6.45, 7) is 4.07. The third kappa shape index (κ3) is 2.93. The number of hydrogen-bond donors (Lipinski definition) is 2. The second-order valence-corrected chi connectivity index (χ2v) is 5.73. The number of piperidine rings is 1. The van der Waals surface area contributed by atoms with Gasteiger partial charge >= 0.3 is 5.97 Å². The molecular formula is C9H18N2O4S. The summed E-state index contributed by atoms with van der Waals surface area (Å²) in [5, 5.41) is 8.86. The molecule has 1 heterocycles. The molecule has 1 saturated heterocycles. The molecule has 1 aliphatic rings. The molecule has 2 N–H and O–H groups in total. The number of hydrogen-bond acceptors (Lipinski definition) is 3. The predicted octanol–water partition coefficient (Wildman–Crippen LogP) is 0.0258. The Kier molecular flexibility index (Phi) is 4.28. The monoisotopic (exact) mass is 250 g/mol. The molecule has 94 valence electrons. The van der Waals surface area contributed by atoms with E-state index in [0.717, 1.165) is 0 Å². The van der Waals surface area contributed by atoms with Crippen molar-refractivity contribution in [3.63, 3.8) is 0 Å². The van der Waals surface area contributed by atoms with Gasteiger partial charge < -0.3 is 5.11 Å². The van der Waals surface area contributed by atoms with Gasteiger partial charge in [-0.05, 0) is 19.8 Å². The Hall–Kier alpha value is -0.660. The molecule has 0 saturated carbocycles. The van der Waals surface area contributed by atoms with Crippen molar-refractivity contribution >= 4 is 16.2 Å². The lowest BCUT2D eigenvalue weighted by atomic mass is 9.93. The van der Waals surface area contributed by atoms with E-state index >= 15 is 0 Å². The third-order valence-corrected chi connectivity index (χ3v) is 4.61. The first-order valence-corrected chi connectivity index (χ1v) is 6.81. The van der Waals surface area contributed by atoms with Crippen LogP contribution in [0.5, 0.6) is 0 Å². The Morgan fingerprint density at radius 3 is 2.62 bits per heavy atom. The fourth-order valence-electron chi connectivity index (χ4n) is 2.00. The largest absolute Gasteiger partial charge is 0.481 e. The molecule has 1 rings (SSSR count). The van der Waals surface area contributed by atoms with Crippen LogP contribution in [0.15, 0.2) is 0 Å². The van der Waals surface area contributed by atoms with Crippen molar-refractivity contribution in [3.8, 4) is 0 Å². The molecule has 7 heteroatoms. The van der Waals surface area contributed by atoms with E-state index in [1.807, 2.05) is 0 Å². The predicted molar refractivity (Wildman–Crippen MR) is 59.1 cm³/mol. The number of carboxylic acids is 1. The van der Waals surface area contributed by atoms with Gasteiger partial charge in [0.25, 0.3) is 10.2 Å². The zero-order valence-corrected chi connectivity index (χ0v) is 10.3. The summed E-state index contributed by atoms with van der Waals surface area (Å²) in [6.07, 6.45) is 0.754. The first kappa shape index (κ1) is 13.4. The maximum Gasteiger partial charge on any atom is 0.306 e. The molecule has 1 aliphatic heterocycles. The van der Waals surface area contributed by atoms with Gasteiger partial charge in [-0.3, -0.25) is 4.79 Å². The maximum atomic E-state index is 11.7. The van der Waals surface area contributed by atoms with Crippen molar-refractivity contribution in [1.29, 1.82) is 0 Å². The van der Waals surface area contributed by atoms with Crippen molar-refractivity contribution < 1.29 is 18.3 Å². The number of carbonyl (C=O) groups is 1. The fraction of sp³-hybridized carbons (Fsp3) is 0.889. The molecule has 1 fully saturated rings. The number of nitrogens with zero attached hydrogens (tertiary/aromatic N) is 1. The summed E-state index contributed by atoms with van der Waals surface area (Å²) in [5.41, 5.74) is 0. The van der Waals surface area contributed by atoms with Crippen LogP contribution >= 0.6 is 0 Å². The van der Waals surface area contributed by atoms with Gasteiger partial charge in [0.05, 0.1) is 5.92 Å². The lowest BCUT2D eigenvalue weighted by Gasteiger charge is -2.34. The van der Waals surface area contributed by atoms with Crippen LogP contribution in [0.4, 0.5) is 0 Å². The summed E-state index contributed by atoms with van der Waals surface area (Å²) in [6, 6.07) is -0.265. The van der Waals surface area contributed by atoms with Crippen LogP contribution in [0.25, 0.3) is 0 Å². The van der Waals surface area contributed by atoms with Gasteiger partial charge in [-0.15, -0.1) is 0 Å². The van der Waals surface area contributed by atoms with Crippen LogP contribution in [0.2, 0.25) is 0 Å². The van der Waals surface area contributed by atoms with Crippen molar-refractivity contribution in [2.24, 2.45) is 5.92 Å². The van der Waals surface area contributed by atoms with E-state index in [4.69, 9.17) is 5.11 Å². The normalized spacial score (nSPS) is 27.9. The Labute approximate surface area is 95.8 Å². The highest BCUT2D eigenvalue weighted by Crippen LogP contribution is 2.24. The van der Waals surface area contributed by atoms with Gasteiger partial charge in [0.2, 0.25) is 0 Å². The summed E-state index contributed by atoms with van der Waals surface area (Å²) >= 11 is 0. The van der Waals surface area contributed by atoms with Crippen molar-refractivity contribution in [3.05, 3.63) is 0 Å². The van der Waals surface area contributed by atoms with Gasteiger partial charge in [0.15, 0.2) is 0 Å². The van der Waals surface area contributed by atoms with Crippen LogP contribution in [0.1, 0.15) is 26.7 Å². The molecule has 0 bridgehead atoms. The number of nitrogens with one attached hydrogen (secondary N) is 1. The van der Waals surface area contributed by atoms with Crippen molar-refractivity contribution in [2.45, 2.75) is 32.7 Å². The van der Waals surface area contributed by atoms with Crippen molar-refractivity contribution in [2.75, 3.05) is 13.1 Å². The van der Waals surface area contributed by atoms with Gasteiger partial charge in [-0.25, -0.2) is 4.72 Å². The smallest absolute Gasteiger partial charge is 0.306 e. The highest BCUT2D eigenvalue weighted by atomic mass is 32.2. The molecule has 2 atom stereocenters. The number of aliphatic carboxylic acids is 1. The van der Waals surface area contributed by atoms with E-state index in [1.54, 1.807) is 13.8 Å². The Morgan fingerprint density at radius 1 is 1.56 bits per heavy atom. The van der Waals surface area contributed by atoms with Gasteiger partial charge in [-0.2, -0.15) is 12.7 Å². The van der Waals surface area contributed by atoms with Crippen LogP contribution in [-0.4, -0.2) is 42.9 Å². The molecule has 0 amide bonds. The third-order valence-electron chi connectivity index (χ3n) is 2.80. The molecule has 6 nitrogen and oxygen atoms in total. The molecule has 0 spiro atoms. The summed E-state index contributed by atoms with van der Waals surface area (Å²) in [4.78, 5) is 10.8. The van der Waals surface area contributed by atoms with E-state index in [-0.39, 0.29) is 12.6 Å². The lowest BCUT2D eigenvalue weighted by molar-refractivity contribution is -0.143. The zero-order chi connectivity index (χ0) is 12.3. The Balaban J connectivity index is 2.71. The van der Waals surface area contributed by atoms with Crippen molar-refractivity contribution in [1.82, 2.24) is 9.03 Å². The second kappa shape index (κ2) is 5.11. The number of rotatable bonds is 4. The minimum atomic E-state index is -3.44. The zero-order valence-electron chi connectivity index (χ0n) is 9.51. The first-order chi connectivity index (χ1) is 7.38. The molecule has 0 radical (unpaired) electrons. The van der Waals surface area contributed by atoms with Gasteiger partial charge in [0, 0.05) is 19.1 Å². The Morgan fingerprint density at radius 2 is 2.19 bits per heavy atom. The minimum absolute atomic E-state index is 0.265. The molecular weight excluding hydrogens is 232 g/mol.